The summed E-state index contributed by atoms with van der Waals surface area (Å²) in [5, 5.41) is 11.8. The fraction of sp³-hybridized carbons (Fsp3) is 0.231. The molecule has 2 aromatic carbocycles. The number of ether oxygens (including phenoxy) is 1. The van der Waals surface area contributed by atoms with Crippen LogP contribution in [0.1, 0.15) is 13.3 Å². The molecule has 0 atom stereocenters. The molecule has 0 saturated heterocycles. The number of phenols is 1. The van der Waals surface area contributed by atoms with Crippen molar-refractivity contribution < 1.29 is 9.84 Å². The summed E-state index contributed by atoms with van der Waals surface area (Å²) in [6.45, 7) is 2.67. The van der Waals surface area contributed by atoms with E-state index in [1.165, 1.54) is 0 Å². The summed E-state index contributed by atoms with van der Waals surface area (Å²) in [6.07, 6.45) is 0.933. The highest BCUT2D eigenvalue weighted by Crippen LogP contribution is 2.34. The Balaban J connectivity index is 2.53. The quantitative estimate of drug-likeness (QED) is 0.827. The summed E-state index contributed by atoms with van der Waals surface area (Å²) in [7, 11) is 0. The third kappa shape index (κ3) is 1.89. The molecule has 0 aromatic heterocycles. The fourth-order valence-electron chi connectivity index (χ4n) is 1.59. The highest BCUT2D eigenvalue weighted by molar-refractivity contribution is 5.90. The first-order valence-electron chi connectivity index (χ1n) is 5.16. The molecule has 0 saturated carbocycles. The Hall–Kier alpha value is -1.70. The van der Waals surface area contributed by atoms with E-state index in [2.05, 4.69) is 0 Å². The molecule has 2 heteroatoms. The zero-order chi connectivity index (χ0) is 10.7. The number of hydrogen-bond donors (Lipinski definition) is 1. The van der Waals surface area contributed by atoms with Crippen molar-refractivity contribution in [3.8, 4) is 11.5 Å². The first kappa shape index (κ1) is 9.84. The van der Waals surface area contributed by atoms with Crippen LogP contribution in [0.3, 0.4) is 0 Å². The molecule has 0 aliphatic heterocycles. The molecule has 2 rings (SSSR count). The Morgan fingerprint density at radius 2 is 1.93 bits per heavy atom. The van der Waals surface area contributed by atoms with Crippen LogP contribution in [0.25, 0.3) is 10.8 Å². The van der Waals surface area contributed by atoms with Crippen LogP contribution < -0.4 is 4.74 Å². The van der Waals surface area contributed by atoms with Crippen LogP contribution in [-0.4, -0.2) is 11.7 Å². The molecule has 0 fully saturated rings. The molecule has 2 aromatic rings. The largest absolute Gasteiger partial charge is 0.504 e. The lowest BCUT2D eigenvalue weighted by Gasteiger charge is -2.10. The van der Waals surface area contributed by atoms with E-state index in [1.54, 1.807) is 6.07 Å². The summed E-state index contributed by atoms with van der Waals surface area (Å²) in [4.78, 5) is 0. The maximum absolute atomic E-state index is 9.71. The lowest BCUT2D eigenvalue weighted by Crippen LogP contribution is -1.95. The van der Waals surface area contributed by atoms with E-state index in [4.69, 9.17) is 4.74 Å². The standard InChI is InChI=1S/C13H14O2/c1-2-9-15-13-11-6-4-3-5-10(11)7-8-12(13)14/h3-8,14H,2,9H2,1H3. The molecule has 0 bridgehead atoms. The third-order valence-electron chi connectivity index (χ3n) is 2.31. The average molecular weight is 202 g/mol. The summed E-state index contributed by atoms with van der Waals surface area (Å²) in [5.41, 5.74) is 0. The molecule has 1 N–H and O–H groups in total. The number of rotatable bonds is 3. The predicted octanol–water partition coefficient (Wildman–Crippen LogP) is 3.33. The molecule has 0 heterocycles. The van der Waals surface area contributed by atoms with Crippen LogP contribution in [0.15, 0.2) is 36.4 Å². The number of fused-ring (bicyclic) bond motifs is 1. The minimum atomic E-state index is 0.210. The molecule has 0 radical (unpaired) electrons. The Labute approximate surface area is 89.1 Å². The van der Waals surface area contributed by atoms with Crippen molar-refractivity contribution in [1.29, 1.82) is 0 Å². The SMILES string of the molecule is CCCOc1c(O)ccc2ccccc12. The van der Waals surface area contributed by atoms with Gasteiger partial charge < -0.3 is 9.84 Å². The molecular weight excluding hydrogens is 188 g/mol. The molecule has 2 nitrogen and oxygen atoms in total. The second kappa shape index (κ2) is 4.22. The second-order valence-corrected chi connectivity index (χ2v) is 3.48. The Kier molecular flexibility index (Phi) is 2.77. The van der Waals surface area contributed by atoms with E-state index in [9.17, 15) is 5.11 Å². The monoisotopic (exact) mass is 202 g/mol. The van der Waals surface area contributed by atoms with Gasteiger partial charge in [-0.25, -0.2) is 0 Å². The Morgan fingerprint density at radius 3 is 2.73 bits per heavy atom. The van der Waals surface area contributed by atoms with Crippen molar-refractivity contribution in [2.75, 3.05) is 6.61 Å². The fourth-order valence-corrected chi connectivity index (χ4v) is 1.59. The van der Waals surface area contributed by atoms with Crippen LogP contribution in [0.5, 0.6) is 11.5 Å². The van der Waals surface area contributed by atoms with Gasteiger partial charge in [0.05, 0.1) is 6.61 Å². The lowest BCUT2D eigenvalue weighted by atomic mass is 10.1. The number of hydrogen-bond acceptors (Lipinski definition) is 2. The molecule has 15 heavy (non-hydrogen) atoms. The van der Waals surface area contributed by atoms with E-state index >= 15 is 0 Å². The Morgan fingerprint density at radius 1 is 1.13 bits per heavy atom. The average Bonchev–Trinajstić information content (AvgIpc) is 2.28. The lowest BCUT2D eigenvalue weighted by molar-refractivity contribution is 0.303. The van der Waals surface area contributed by atoms with Crippen molar-refractivity contribution in [2.24, 2.45) is 0 Å². The molecule has 78 valence electrons. The van der Waals surface area contributed by atoms with Gasteiger partial charge in [-0.2, -0.15) is 0 Å². The van der Waals surface area contributed by atoms with Gasteiger partial charge in [-0.3, -0.25) is 0 Å². The van der Waals surface area contributed by atoms with Gasteiger partial charge in [0.2, 0.25) is 0 Å². The molecule has 0 spiro atoms. The first-order chi connectivity index (χ1) is 7.33. The minimum Gasteiger partial charge on any atom is -0.504 e. The van der Waals surface area contributed by atoms with Crippen molar-refractivity contribution in [3.05, 3.63) is 36.4 Å². The molecule has 0 amide bonds. The van der Waals surface area contributed by atoms with Gasteiger partial charge in [0.25, 0.3) is 0 Å². The number of benzene rings is 2. The van der Waals surface area contributed by atoms with Gasteiger partial charge in [0.15, 0.2) is 11.5 Å². The minimum absolute atomic E-state index is 0.210. The zero-order valence-electron chi connectivity index (χ0n) is 8.73. The van der Waals surface area contributed by atoms with Crippen LogP contribution in [0.2, 0.25) is 0 Å². The van der Waals surface area contributed by atoms with Crippen LogP contribution in [0, 0.1) is 0 Å². The zero-order valence-corrected chi connectivity index (χ0v) is 8.73. The van der Waals surface area contributed by atoms with Crippen LogP contribution >= 0.6 is 0 Å². The summed E-state index contributed by atoms with van der Waals surface area (Å²) < 4.78 is 5.55. The van der Waals surface area contributed by atoms with E-state index in [1.807, 2.05) is 37.3 Å². The van der Waals surface area contributed by atoms with Crippen LogP contribution in [-0.2, 0) is 0 Å². The van der Waals surface area contributed by atoms with Gasteiger partial charge in [0, 0.05) is 5.39 Å². The van der Waals surface area contributed by atoms with Gasteiger partial charge in [-0.15, -0.1) is 0 Å². The van der Waals surface area contributed by atoms with Crippen molar-refractivity contribution in [2.45, 2.75) is 13.3 Å². The first-order valence-corrected chi connectivity index (χ1v) is 5.16. The molecule has 0 aliphatic rings. The second-order valence-electron chi connectivity index (χ2n) is 3.48. The van der Waals surface area contributed by atoms with E-state index in [0.29, 0.717) is 12.4 Å². The van der Waals surface area contributed by atoms with E-state index in [0.717, 1.165) is 17.2 Å². The maximum atomic E-state index is 9.71. The van der Waals surface area contributed by atoms with Gasteiger partial charge in [-0.1, -0.05) is 37.3 Å². The van der Waals surface area contributed by atoms with Gasteiger partial charge in [0.1, 0.15) is 0 Å². The van der Waals surface area contributed by atoms with Gasteiger partial charge in [-0.05, 0) is 17.9 Å². The highest BCUT2D eigenvalue weighted by atomic mass is 16.5. The van der Waals surface area contributed by atoms with Crippen LogP contribution in [0.4, 0.5) is 0 Å². The van der Waals surface area contributed by atoms with E-state index < -0.39 is 0 Å². The predicted molar refractivity (Wildman–Crippen MR) is 61.4 cm³/mol. The summed E-state index contributed by atoms with van der Waals surface area (Å²) in [6, 6.07) is 11.5. The normalized spacial score (nSPS) is 10.5. The highest BCUT2D eigenvalue weighted by Gasteiger charge is 2.06. The topological polar surface area (TPSA) is 29.5 Å². The van der Waals surface area contributed by atoms with E-state index in [-0.39, 0.29) is 5.75 Å². The van der Waals surface area contributed by atoms with Crippen molar-refractivity contribution in [3.63, 3.8) is 0 Å². The molecule has 0 unspecified atom stereocenters. The van der Waals surface area contributed by atoms with Crippen molar-refractivity contribution in [1.82, 2.24) is 0 Å². The smallest absolute Gasteiger partial charge is 0.168 e. The number of phenolic OH excluding ortho intramolecular Hbond substituents is 1. The molecular formula is C13H14O2. The Bertz CT molecular complexity index is 463. The molecule has 0 aliphatic carbocycles. The maximum Gasteiger partial charge on any atom is 0.168 e. The summed E-state index contributed by atoms with van der Waals surface area (Å²) >= 11 is 0. The summed E-state index contributed by atoms with van der Waals surface area (Å²) in [5.74, 6) is 0.803. The van der Waals surface area contributed by atoms with Crippen molar-refractivity contribution >= 4 is 10.8 Å². The van der Waals surface area contributed by atoms with Gasteiger partial charge >= 0.3 is 0 Å². The third-order valence-corrected chi connectivity index (χ3v) is 2.31. The number of aromatic hydroxyl groups is 1.